The Hall–Kier alpha value is -2.56. The predicted molar refractivity (Wildman–Crippen MR) is 140 cm³/mol. The van der Waals surface area contributed by atoms with Gasteiger partial charge in [-0.25, -0.2) is 4.79 Å². The predicted octanol–water partition coefficient (Wildman–Crippen LogP) is 5.99. The van der Waals surface area contributed by atoms with Gasteiger partial charge < -0.3 is 19.4 Å². The number of thioether (sulfide) groups is 1. The van der Waals surface area contributed by atoms with E-state index >= 15 is 0 Å². The molecule has 2 aromatic heterocycles. The molecular weight excluding hydrogens is 508 g/mol. The number of nitrogens with zero attached hydrogens (tertiary/aromatic N) is 3. The van der Waals surface area contributed by atoms with E-state index in [1.165, 1.54) is 23.1 Å². The van der Waals surface area contributed by atoms with Gasteiger partial charge in [-0.1, -0.05) is 23.4 Å². The molecule has 0 aliphatic heterocycles. The summed E-state index contributed by atoms with van der Waals surface area (Å²) in [6, 6.07) is 5.49. The van der Waals surface area contributed by atoms with E-state index in [1.54, 1.807) is 13.0 Å². The smallest absolute Gasteiger partial charge is 0.341 e. The molecule has 2 heterocycles. The third kappa shape index (κ3) is 6.36. The van der Waals surface area contributed by atoms with Crippen LogP contribution in [0, 0.1) is 20.8 Å². The Morgan fingerprint density at radius 2 is 1.97 bits per heavy atom. The Balaban J connectivity index is 1.68. The van der Waals surface area contributed by atoms with Crippen LogP contribution in [0.5, 0.6) is 5.75 Å². The van der Waals surface area contributed by atoms with Crippen molar-refractivity contribution in [1.29, 1.82) is 0 Å². The molecule has 0 saturated carbocycles. The number of amides is 1. The highest BCUT2D eigenvalue weighted by atomic mass is 35.5. The fourth-order valence-corrected chi connectivity index (χ4v) is 5.40. The fourth-order valence-electron chi connectivity index (χ4n) is 3.41. The SMILES string of the molecule is CCOC(=O)c1c(NC(=O)CSc2nnc(C(C)Oc3ccc(Cl)c(C)c3)n2CC)sc(C)c1C. The highest BCUT2D eigenvalue weighted by Crippen LogP contribution is 2.33. The number of carbonyl (C=O) groups is 2. The second kappa shape index (κ2) is 11.9. The van der Waals surface area contributed by atoms with Gasteiger partial charge in [-0.2, -0.15) is 0 Å². The monoisotopic (exact) mass is 536 g/mol. The van der Waals surface area contributed by atoms with Gasteiger partial charge in [-0.15, -0.1) is 21.5 Å². The van der Waals surface area contributed by atoms with Crippen LogP contribution in [0.15, 0.2) is 23.4 Å². The molecule has 1 atom stereocenters. The van der Waals surface area contributed by atoms with E-state index in [0.29, 0.717) is 38.9 Å². The van der Waals surface area contributed by atoms with Gasteiger partial charge in [0.15, 0.2) is 17.1 Å². The van der Waals surface area contributed by atoms with Crippen molar-refractivity contribution in [2.24, 2.45) is 0 Å². The molecule has 1 unspecified atom stereocenters. The molecule has 188 valence electrons. The van der Waals surface area contributed by atoms with E-state index in [2.05, 4.69) is 15.5 Å². The van der Waals surface area contributed by atoms with Gasteiger partial charge in [0.25, 0.3) is 0 Å². The maximum atomic E-state index is 12.7. The molecule has 0 spiro atoms. The molecule has 0 aliphatic rings. The summed E-state index contributed by atoms with van der Waals surface area (Å²) in [6.45, 7) is 12.2. The van der Waals surface area contributed by atoms with Crippen LogP contribution in [0.2, 0.25) is 5.02 Å². The molecule has 8 nitrogen and oxygen atoms in total. The molecule has 3 aromatic rings. The van der Waals surface area contributed by atoms with Crippen molar-refractivity contribution >= 4 is 51.6 Å². The zero-order valence-corrected chi connectivity index (χ0v) is 23.0. The first-order chi connectivity index (χ1) is 16.7. The summed E-state index contributed by atoms with van der Waals surface area (Å²) in [6.07, 6.45) is -0.351. The minimum absolute atomic E-state index is 0.113. The third-order valence-electron chi connectivity index (χ3n) is 5.32. The number of aromatic nitrogens is 3. The van der Waals surface area contributed by atoms with E-state index in [0.717, 1.165) is 16.0 Å². The third-order valence-corrected chi connectivity index (χ3v) is 7.83. The molecule has 11 heteroatoms. The van der Waals surface area contributed by atoms with Gasteiger partial charge in [0.1, 0.15) is 10.8 Å². The van der Waals surface area contributed by atoms with Crippen molar-refractivity contribution in [2.75, 3.05) is 17.7 Å². The van der Waals surface area contributed by atoms with Crippen LogP contribution in [0.25, 0.3) is 0 Å². The number of hydrogen-bond acceptors (Lipinski definition) is 8. The molecule has 0 fully saturated rings. The van der Waals surface area contributed by atoms with Crippen molar-refractivity contribution in [1.82, 2.24) is 14.8 Å². The average molecular weight is 537 g/mol. The van der Waals surface area contributed by atoms with E-state index in [-0.39, 0.29) is 24.4 Å². The average Bonchev–Trinajstić information content (AvgIpc) is 3.35. The maximum absolute atomic E-state index is 12.7. The fraction of sp³-hybridized carbons (Fsp3) is 0.417. The van der Waals surface area contributed by atoms with Crippen LogP contribution in [-0.4, -0.2) is 39.0 Å². The second-order valence-electron chi connectivity index (χ2n) is 7.80. The summed E-state index contributed by atoms with van der Waals surface area (Å²) in [5.74, 6) is 0.796. The summed E-state index contributed by atoms with van der Waals surface area (Å²) in [7, 11) is 0. The quantitative estimate of drug-likeness (QED) is 0.251. The second-order valence-corrected chi connectivity index (χ2v) is 10.4. The molecule has 1 aromatic carbocycles. The number of aryl methyl sites for hydroxylation is 2. The largest absolute Gasteiger partial charge is 0.483 e. The zero-order chi connectivity index (χ0) is 25.7. The van der Waals surface area contributed by atoms with Crippen LogP contribution in [0.3, 0.4) is 0 Å². The number of halogens is 1. The van der Waals surface area contributed by atoms with Crippen molar-refractivity contribution in [2.45, 2.75) is 59.3 Å². The van der Waals surface area contributed by atoms with Crippen LogP contribution >= 0.6 is 34.7 Å². The Morgan fingerprint density at radius 3 is 2.63 bits per heavy atom. The Kier molecular flexibility index (Phi) is 9.21. The molecule has 0 saturated heterocycles. The highest BCUT2D eigenvalue weighted by molar-refractivity contribution is 7.99. The first kappa shape index (κ1) is 27.0. The summed E-state index contributed by atoms with van der Waals surface area (Å²) in [5, 5.41) is 13.2. The topological polar surface area (TPSA) is 95.3 Å². The van der Waals surface area contributed by atoms with E-state index < -0.39 is 5.97 Å². The van der Waals surface area contributed by atoms with Gasteiger partial charge in [0.2, 0.25) is 5.91 Å². The van der Waals surface area contributed by atoms with Gasteiger partial charge >= 0.3 is 5.97 Å². The molecule has 3 rings (SSSR count). The number of carbonyl (C=O) groups excluding carboxylic acids is 2. The first-order valence-corrected chi connectivity index (χ1v) is 13.4. The number of anilines is 1. The lowest BCUT2D eigenvalue weighted by atomic mass is 10.1. The van der Waals surface area contributed by atoms with Crippen LogP contribution in [0.4, 0.5) is 5.00 Å². The van der Waals surface area contributed by atoms with Crippen LogP contribution in [0.1, 0.15) is 59.1 Å². The lowest BCUT2D eigenvalue weighted by Crippen LogP contribution is -2.17. The van der Waals surface area contributed by atoms with Gasteiger partial charge in [-0.3, -0.25) is 4.79 Å². The Labute approximate surface area is 218 Å². The standard InChI is InChI=1S/C24H29ClN4O4S2/c1-7-29-21(15(5)33-17-9-10-18(25)13(3)11-17)27-28-24(29)34-12-19(30)26-22-20(23(31)32-8-2)14(4)16(6)35-22/h9-11,15H,7-8,12H2,1-6H3,(H,26,30). The summed E-state index contributed by atoms with van der Waals surface area (Å²) >= 11 is 8.74. The minimum Gasteiger partial charge on any atom is -0.483 e. The van der Waals surface area contributed by atoms with Crippen molar-refractivity contribution in [3.05, 3.63) is 50.6 Å². The molecule has 1 N–H and O–H groups in total. The Morgan fingerprint density at radius 1 is 1.23 bits per heavy atom. The number of ether oxygens (including phenoxy) is 2. The molecule has 0 bridgehead atoms. The number of rotatable bonds is 10. The number of hydrogen-bond donors (Lipinski definition) is 1. The highest BCUT2D eigenvalue weighted by Gasteiger charge is 2.23. The number of esters is 1. The van der Waals surface area contributed by atoms with Crippen molar-refractivity contribution < 1.29 is 19.1 Å². The normalized spacial score (nSPS) is 11.9. The van der Waals surface area contributed by atoms with Crippen molar-refractivity contribution in [3.8, 4) is 5.75 Å². The zero-order valence-electron chi connectivity index (χ0n) is 20.6. The number of nitrogens with one attached hydrogen (secondary N) is 1. The van der Waals surface area contributed by atoms with Gasteiger partial charge in [-0.05, 0) is 70.9 Å². The number of benzene rings is 1. The lowest BCUT2D eigenvalue weighted by molar-refractivity contribution is -0.113. The molecule has 35 heavy (non-hydrogen) atoms. The van der Waals surface area contributed by atoms with Crippen LogP contribution in [-0.2, 0) is 16.1 Å². The van der Waals surface area contributed by atoms with Crippen molar-refractivity contribution in [3.63, 3.8) is 0 Å². The molecular formula is C24H29ClN4O4S2. The molecule has 0 radical (unpaired) electrons. The van der Waals surface area contributed by atoms with Gasteiger partial charge in [0.05, 0.1) is 17.9 Å². The summed E-state index contributed by atoms with van der Waals surface area (Å²) in [5.41, 5.74) is 2.16. The Bertz CT molecular complexity index is 1220. The molecule has 1 amide bonds. The van der Waals surface area contributed by atoms with Crippen LogP contribution < -0.4 is 10.1 Å². The first-order valence-electron chi connectivity index (χ1n) is 11.2. The van der Waals surface area contributed by atoms with E-state index in [4.69, 9.17) is 21.1 Å². The maximum Gasteiger partial charge on any atom is 0.341 e. The van der Waals surface area contributed by atoms with E-state index in [1.807, 2.05) is 51.3 Å². The lowest BCUT2D eigenvalue weighted by Gasteiger charge is -2.16. The summed E-state index contributed by atoms with van der Waals surface area (Å²) in [4.78, 5) is 26.0. The minimum atomic E-state index is -0.433. The number of thiophene rings is 1. The van der Waals surface area contributed by atoms with Gasteiger partial charge in [0, 0.05) is 16.4 Å². The molecule has 0 aliphatic carbocycles. The summed E-state index contributed by atoms with van der Waals surface area (Å²) < 4.78 is 13.1. The van der Waals surface area contributed by atoms with E-state index in [9.17, 15) is 9.59 Å².